The van der Waals surface area contributed by atoms with Crippen molar-refractivity contribution in [2.45, 2.75) is 20.5 Å². The highest BCUT2D eigenvalue weighted by atomic mass is 35.5. The molecule has 0 aliphatic carbocycles. The number of hydrogen-bond acceptors (Lipinski definition) is 4. The number of halogens is 1. The summed E-state index contributed by atoms with van der Waals surface area (Å²) in [6.07, 6.45) is 0. The number of ketones is 1. The highest BCUT2D eigenvalue weighted by molar-refractivity contribution is 6.32. The maximum Gasteiger partial charge on any atom is 0.258 e. The number of nitrogens with zero attached hydrogens (tertiary/aromatic N) is 2. The molecule has 5 nitrogen and oxygen atoms in total. The van der Waals surface area contributed by atoms with Crippen molar-refractivity contribution in [1.82, 2.24) is 9.38 Å². The summed E-state index contributed by atoms with van der Waals surface area (Å²) in [6, 6.07) is 11.8. The van der Waals surface area contributed by atoms with Crippen LogP contribution in [0.15, 0.2) is 47.3 Å². The van der Waals surface area contributed by atoms with Crippen LogP contribution in [-0.2, 0) is 6.61 Å². The van der Waals surface area contributed by atoms with Crippen LogP contribution in [0.4, 0.5) is 0 Å². The van der Waals surface area contributed by atoms with Crippen LogP contribution in [0, 0.1) is 6.92 Å². The Morgan fingerprint density at radius 2 is 2.04 bits per heavy atom. The zero-order chi connectivity index (χ0) is 17.3. The SMILES string of the molecule is CC(=O)c1ccc(OCc2cc(=O)n3c(C)cccc3n2)c(Cl)c1. The molecular weight excluding hydrogens is 328 g/mol. The number of aromatic nitrogens is 2. The molecule has 3 aromatic rings. The number of pyridine rings is 1. The smallest absolute Gasteiger partial charge is 0.258 e. The molecule has 0 saturated carbocycles. The van der Waals surface area contributed by atoms with E-state index in [2.05, 4.69) is 4.98 Å². The van der Waals surface area contributed by atoms with Crippen molar-refractivity contribution in [3.05, 3.63) is 74.8 Å². The highest BCUT2D eigenvalue weighted by Crippen LogP contribution is 2.26. The number of rotatable bonds is 4. The number of carbonyl (C=O) groups is 1. The Balaban J connectivity index is 1.86. The summed E-state index contributed by atoms with van der Waals surface area (Å²) in [6.45, 7) is 3.43. The van der Waals surface area contributed by atoms with Crippen molar-refractivity contribution in [1.29, 1.82) is 0 Å². The maximum absolute atomic E-state index is 12.2. The fourth-order valence-corrected chi connectivity index (χ4v) is 2.66. The Labute approximate surface area is 143 Å². The van der Waals surface area contributed by atoms with Gasteiger partial charge in [-0.1, -0.05) is 17.7 Å². The molecule has 2 aromatic heterocycles. The number of benzene rings is 1. The van der Waals surface area contributed by atoms with Crippen molar-refractivity contribution in [2.24, 2.45) is 0 Å². The first-order valence-electron chi connectivity index (χ1n) is 7.37. The van der Waals surface area contributed by atoms with Crippen LogP contribution in [0.3, 0.4) is 0 Å². The van der Waals surface area contributed by atoms with E-state index >= 15 is 0 Å². The van der Waals surface area contributed by atoms with E-state index in [0.717, 1.165) is 5.69 Å². The Morgan fingerprint density at radius 1 is 1.25 bits per heavy atom. The normalized spacial score (nSPS) is 10.8. The Kier molecular flexibility index (Phi) is 4.36. The average molecular weight is 343 g/mol. The Hall–Kier alpha value is -2.66. The molecule has 0 amide bonds. The first kappa shape index (κ1) is 16.2. The van der Waals surface area contributed by atoms with E-state index in [1.165, 1.54) is 17.4 Å². The summed E-state index contributed by atoms with van der Waals surface area (Å²) in [4.78, 5) is 28.0. The van der Waals surface area contributed by atoms with Crippen LogP contribution in [-0.4, -0.2) is 15.2 Å². The lowest BCUT2D eigenvalue weighted by atomic mass is 10.1. The molecule has 0 bridgehead atoms. The van der Waals surface area contributed by atoms with Gasteiger partial charge in [0, 0.05) is 17.3 Å². The van der Waals surface area contributed by atoms with E-state index in [1.54, 1.807) is 24.3 Å². The van der Waals surface area contributed by atoms with E-state index in [0.29, 0.717) is 27.7 Å². The second-order valence-electron chi connectivity index (χ2n) is 5.44. The summed E-state index contributed by atoms with van der Waals surface area (Å²) >= 11 is 6.12. The quantitative estimate of drug-likeness (QED) is 0.681. The molecule has 122 valence electrons. The molecule has 2 heterocycles. The van der Waals surface area contributed by atoms with Gasteiger partial charge >= 0.3 is 0 Å². The predicted molar refractivity (Wildman–Crippen MR) is 92.0 cm³/mol. The molecule has 0 N–H and O–H groups in total. The van der Waals surface area contributed by atoms with Gasteiger partial charge in [-0.2, -0.15) is 0 Å². The third kappa shape index (κ3) is 3.16. The highest BCUT2D eigenvalue weighted by Gasteiger charge is 2.08. The van der Waals surface area contributed by atoms with Gasteiger partial charge in [0.2, 0.25) is 0 Å². The molecule has 0 spiro atoms. The molecule has 0 radical (unpaired) electrons. The zero-order valence-electron chi connectivity index (χ0n) is 13.2. The monoisotopic (exact) mass is 342 g/mol. The molecule has 3 rings (SSSR count). The second kappa shape index (κ2) is 6.45. The standard InChI is InChI=1S/C18H15ClN2O3/c1-11-4-3-5-17-20-14(9-18(23)21(11)17)10-24-16-7-6-13(12(2)22)8-15(16)19/h3-9H,10H2,1-2H3. The van der Waals surface area contributed by atoms with Crippen LogP contribution >= 0.6 is 11.6 Å². The van der Waals surface area contributed by atoms with E-state index in [4.69, 9.17) is 16.3 Å². The van der Waals surface area contributed by atoms with Crippen LogP contribution in [0.25, 0.3) is 5.65 Å². The lowest BCUT2D eigenvalue weighted by molar-refractivity contribution is 0.101. The van der Waals surface area contributed by atoms with Gasteiger partial charge in [-0.05, 0) is 44.2 Å². The van der Waals surface area contributed by atoms with Gasteiger partial charge in [0.05, 0.1) is 10.7 Å². The fraction of sp³-hybridized carbons (Fsp3) is 0.167. The number of fused-ring (bicyclic) bond motifs is 1. The number of Topliss-reactive ketones (excluding diaryl/α,β-unsaturated/α-hetero) is 1. The molecular formula is C18H15ClN2O3. The van der Waals surface area contributed by atoms with Crippen LogP contribution in [0.1, 0.15) is 28.7 Å². The lowest BCUT2D eigenvalue weighted by Crippen LogP contribution is -2.18. The minimum Gasteiger partial charge on any atom is -0.486 e. The molecule has 0 aliphatic rings. The third-order valence-electron chi connectivity index (χ3n) is 3.65. The summed E-state index contributed by atoms with van der Waals surface area (Å²) in [5.74, 6) is 0.371. The van der Waals surface area contributed by atoms with Gasteiger partial charge in [-0.15, -0.1) is 0 Å². The zero-order valence-corrected chi connectivity index (χ0v) is 14.0. The minimum absolute atomic E-state index is 0.0666. The molecule has 0 atom stereocenters. The van der Waals surface area contributed by atoms with Gasteiger partial charge < -0.3 is 4.74 Å². The first-order valence-corrected chi connectivity index (χ1v) is 7.75. The van der Waals surface area contributed by atoms with E-state index in [1.807, 2.05) is 19.1 Å². The fourth-order valence-electron chi connectivity index (χ4n) is 2.43. The lowest BCUT2D eigenvalue weighted by Gasteiger charge is -2.10. The van der Waals surface area contributed by atoms with Gasteiger partial charge in [-0.3, -0.25) is 14.0 Å². The van der Waals surface area contributed by atoms with E-state index < -0.39 is 0 Å². The van der Waals surface area contributed by atoms with Gasteiger partial charge in [-0.25, -0.2) is 4.98 Å². The van der Waals surface area contributed by atoms with Crippen LogP contribution in [0.2, 0.25) is 5.02 Å². The third-order valence-corrected chi connectivity index (χ3v) is 3.94. The van der Waals surface area contributed by atoms with Crippen molar-refractivity contribution >= 4 is 23.0 Å². The van der Waals surface area contributed by atoms with Crippen LogP contribution < -0.4 is 10.3 Å². The molecule has 0 unspecified atom stereocenters. The first-order chi connectivity index (χ1) is 11.5. The molecule has 6 heteroatoms. The van der Waals surface area contributed by atoms with Gasteiger partial charge in [0.1, 0.15) is 18.0 Å². The topological polar surface area (TPSA) is 60.7 Å². The summed E-state index contributed by atoms with van der Waals surface area (Å²) < 4.78 is 7.18. The Morgan fingerprint density at radius 3 is 2.75 bits per heavy atom. The van der Waals surface area contributed by atoms with Crippen LogP contribution in [0.5, 0.6) is 5.75 Å². The van der Waals surface area contributed by atoms with Crippen molar-refractivity contribution < 1.29 is 9.53 Å². The molecule has 1 aromatic carbocycles. The molecule has 0 fully saturated rings. The average Bonchev–Trinajstić information content (AvgIpc) is 2.53. The number of hydrogen-bond donors (Lipinski definition) is 0. The number of ether oxygens (including phenoxy) is 1. The van der Waals surface area contributed by atoms with Gasteiger partial charge in [0.25, 0.3) is 5.56 Å². The summed E-state index contributed by atoms with van der Waals surface area (Å²) in [5.41, 5.74) is 2.26. The molecule has 0 aliphatic heterocycles. The second-order valence-corrected chi connectivity index (χ2v) is 5.84. The van der Waals surface area contributed by atoms with Crippen molar-refractivity contribution in [3.63, 3.8) is 0 Å². The van der Waals surface area contributed by atoms with Gasteiger partial charge in [0.15, 0.2) is 5.78 Å². The minimum atomic E-state index is -0.158. The van der Waals surface area contributed by atoms with Crippen molar-refractivity contribution in [3.8, 4) is 5.75 Å². The van der Waals surface area contributed by atoms with E-state index in [-0.39, 0.29) is 17.9 Å². The molecule has 0 saturated heterocycles. The van der Waals surface area contributed by atoms with E-state index in [9.17, 15) is 9.59 Å². The number of carbonyl (C=O) groups excluding carboxylic acids is 1. The largest absolute Gasteiger partial charge is 0.486 e. The summed E-state index contributed by atoms with van der Waals surface area (Å²) in [7, 11) is 0. The maximum atomic E-state index is 12.2. The molecule has 24 heavy (non-hydrogen) atoms. The summed E-state index contributed by atoms with van der Waals surface area (Å²) in [5, 5.41) is 0.344. The predicted octanol–water partition coefficient (Wildman–Crippen LogP) is 3.44. The number of aryl methyl sites for hydroxylation is 1. The Bertz CT molecular complexity index is 995. The van der Waals surface area contributed by atoms with Crippen molar-refractivity contribution in [2.75, 3.05) is 0 Å².